The molecule has 3 rings (SSSR count). The van der Waals surface area contributed by atoms with Crippen molar-refractivity contribution < 1.29 is 24.2 Å². The predicted octanol–water partition coefficient (Wildman–Crippen LogP) is 4.94. The van der Waals surface area contributed by atoms with Crippen LogP contribution < -0.4 is 4.74 Å². The average Bonchev–Trinajstić information content (AvgIpc) is 2.71. The summed E-state index contributed by atoms with van der Waals surface area (Å²) in [6.07, 6.45) is 6.73. The minimum atomic E-state index is -0.976. The molecule has 0 amide bonds. The number of hydrogen-bond donors (Lipinski definition) is 1. The van der Waals surface area contributed by atoms with Crippen LogP contribution in [0, 0.1) is 5.41 Å². The molecule has 5 nitrogen and oxygen atoms in total. The third kappa shape index (κ3) is 3.67. The van der Waals surface area contributed by atoms with Gasteiger partial charge in [0.05, 0.1) is 11.0 Å². The van der Waals surface area contributed by atoms with Crippen LogP contribution in [-0.4, -0.2) is 29.6 Å². The second-order valence-corrected chi connectivity index (χ2v) is 8.19. The number of carbonyl (C=O) groups excluding carboxylic acids is 3. The van der Waals surface area contributed by atoms with Crippen molar-refractivity contribution in [2.75, 3.05) is 6.61 Å². The number of hydrogen-bond acceptors (Lipinski definition) is 5. The maximum atomic E-state index is 13.8. The highest BCUT2D eigenvalue weighted by Crippen LogP contribution is 2.45. The number of allylic oxidation sites excluding steroid dienone is 6. The number of carbonyl (C=O) groups is 3. The molecule has 1 atom stereocenters. The van der Waals surface area contributed by atoms with Crippen molar-refractivity contribution in [3.8, 4) is 5.75 Å². The van der Waals surface area contributed by atoms with E-state index in [2.05, 4.69) is 0 Å². The molecule has 0 saturated carbocycles. The van der Waals surface area contributed by atoms with Gasteiger partial charge in [-0.3, -0.25) is 14.4 Å². The number of aliphatic hydroxyl groups excluding tert-OH is 1. The van der Waals surface area contributed by atoms with E-state index in [0.717, 1.165) is 11.1 Å². The van der Waals surface area contributed by atoms with Gasteiger partial charge in [0.15, 0.2) is 17.9 Å². The van der Waals surface area contributed by atoms with Crippen molar-refractivity contribution in [2.45, 2.75) is 40.5 Å². The minimum absolute atomic E-state index is 0.0722. The molecule has 5 heteroatoms. The second kappa shape index (κ2) is 8.27. The minimum Gasteiger partial charge on any atom is -0.506 e. The lowest BCUT2D eigenvalue weighted by Crippen LogP contribution is -2.39. The van der Waals surface area contributed by atoms with Gasteiger partial charge in [0.1, 0.15) is 23.7 Å². The van der Waals surface area contributed by atoms with E-state index in [9.17, 15) is 19.5 Å². The molecule has 0 radical (unpaired) electrons. The molecule has 2 bridgehead atoms. The van der Waals surface area contributed by atoms with Crippen molar-refractivity contribution in [2.24, 2.45) is 5.41 Å². The Morgan fingerprint density at radius 3 is 2.63 bits per heavy atom. The Balaban J connectivity index is 2.38. The molecule has 1 aromatic rings. The normalized spacial score (nSPS) is 25.7. The van der Waals surface area contributed by atoms with Gasteiger partial charge in [-0.25, -0.2) is 0 Å². The van der Waals surface area contributed by atoms with E-state index in [-0.39, 0.29) is 29.1 Å². The number of fused-ring (bicyclic) bond motifs is 3. The van der Waals surface area contributed by atoms with E-state index >= 15 is 0 Å². The molecule has 1 aliphatic heterocycles. The first kappa shape index (κ1) is 21.5. The van der Waals surface area contributed by atoms with Crippen LogP contribution in [0.5, 0.6) is 5.75 Å². The van der Waals surface area contributed by atoms with Crippen LogP contribution in [0.1, 0.15) is 56.5 Å². The van der Waals surface area contributed by atoms with Gasteiger partial charge >= 0.3 is 0 Å². The lowest BCUT2D eigenvalue weighted by molar-refractivity contribution is -0.126. The lowest BCUT2D eigenvalue weighted by atomic mass is 9.65. The molecule has 0 unspecified atom stereocenters. The van der Waals surface area contributed by atoms with Gasteiger partial charge in [-0.2, -0.15) is 0 Å². The zero-order valence-corrected chi connectivity index (χ0v) is 17.7. The van der Waals surface area contributed by atoms with E-state index < -0.39 is 22.7 Å². The molecular formula is C25H26O5. The number of Topliss-reactive ketones (excluding diaryl/α,β-unsaturated/α-hetero) is 1. The fourth-order valence-electron chi connectivity index (χ4n) is 3.87. The van der Waals surface area contributed by atoms with Crippen LogP contribution in [0.2, 0.25) is 0 Å². The summed E-state index contributed by atoms with van der Waals surface area (Å²) in [6, 6.07) is 4.76. The summed E-state index contributed by atoms with van der Waals surface area (Å²) in [5.41, 5.74) is 1.59. The highest BCUT2D eigenvalue weighted by Gasteiger charge is 2.46. The van der Waals surface area contributed by atoms with Crippen LogP contribution in [0.4, 0.5) is 0 Å². The summed E-state index contributed by atoms with van der Waals surface area (Å²) in [5.74, 6) is -1.25. The summed E-state index contributed by atoms with van der Waals surface area (Å²) in [5, 5.41) is 11.1. The van der Waals surface area contributed by atoms with Crippen molar-refractivity contribution in [1.82, 2.24) is 0 Å². The molecule has 1 aliphatic carbocycles. The van der Waals surface area contributed by atoms with Crippen LogP contribution in [0.25, 0.3) is 5.76 Å². The van der Waals surface area contributed by atoms with Gasteiger partial charge in [-0.15, -0.1) is 0 Å². The molecule has 30 heavy (non-hydrogen) atoms. The molecule has 2 aliphatic rings. The third-order valence-electron chi connectivity index (χ3n) is 5.78. The first-order valence-corrected chi connectivity index (χ1v) is 9.92. The quantitative estimate of drug-likeness (QED) is 0.437. The van der Waals surface area contributed by atoms with Crippen molar-refractivity contribution in [3.05, 3.63) is 69.8 Å². The summed E-state index contributed by atoms with van der Waals surface area (Å²) in [6.45, 7) is 7.83. The lowest BCUT2D eigenvalue weighted by Gasteiger charge is -2.35. The van der Waals surface area contributed by atoms with Gasteiger partial charge in [0, 0.05) is 5.56 Å². The summed E-state index contributed by atoms with van der Waals surface area (Å²) >= 11 is 0. The van der Waals surface area contributed by atoms with Crippen molar-refractivity contribution >= 4 is 23.6 Å². The number of aldehydes is 1. The Labute approximate surface area is 176 Å². The highest BCUT2D eigenvalue weighted by atomic mass is 16.5. The maximum Gasteiger partial charge on any atom is 0.193 e. The number of aliphatic hydroxyl groups is 1. The predicted molar refractivity (Wildman–Crippen MR) is 115 cm³/mol. The number of rotatable bonds is 3. The molecule has 1 heterocycles. The van der Waals surface area contributed by atoms with E-state index in [1.54, 1.807) is 19.1 Å². The van der Waals surface area contributed by atoms with Gasteiger partial charge in [-0.1, -0.05) is 35.4 Å². The Kier molecular flexibility index (Phi) is 5.92. The van der Waals surface area contributed by atoms with Gasteiger partial charge in [0.2, 0.25) is 0 Å². The Bertz CT molecular complexity index is 1050. The third-order valence-corrected chi connectivity index (χ3v) is 5.78. The standard InChI is InChI=1S/C25H26O5/c1-15(2)8-10-25-11-9-16(3)14-30-20-7-5-6-18(13-26)21(20)23(28)22(24(25)29)19(27)12-17(25)4/h5-9,12-13,28H,10-11,14H2,1-4H3/b16-9+,23-22+/t25-/m0/s1. The zero-order valence-electron chi connectivity index (χ0n) is 17.7. The fourth-order valence-corrected chi connectivity index (χ4v) is 3.87. The number of ether oxygens (including phenoxy) is 1. The molecule has 156 valence electrons. The zero-order chi connectivity index (χ0) is 22.1. The summed E-state index contributed by atoms with van der Waals surface area (Å²) in [4.78, 5) is 38.3. The Morgan fingerprint density at radius 2 is 1.97 bits per heavy atom. The summed E-state index contributed by atoms with van der Waals surface area (Å²) < 4.78 is 5.85. The number of ketones is 2. The van der Waals surface area contributed by atoms with Gasteiger partial charge < -0.3 is 9.84 Å². The maximum absolute atomic E-state index is 13.8. The van der Waals surface area contributed by atoms with Gasteiger partial charge in [0.25, 0.3) is 0 Å². The van der Waals surface area contributed by atoms with E-state index in [0.29, 0.717) is 24.7 Å². The summed E-state index contributed by atoms with van der Waals surface area (Å²) in [7, 11) is 0. The van der Waals surface area contributed by atoms with Crippen LogP contribution in [-0.2, 0) is 9.59 Å². The monoisotopic (exact) mass is 406 g/mol. The highest BCUT2D eigenvalue weighted by molar-refractivity contribution is 6.32. The molecule has 0 fully saturated rings. The van der Waals surface area contributed by atoms with Crippen LogP contribution in [0.3, 0.4) is 0 Å². The Hall–Kier alpha value is -3.21. The fraction of sp³-hybridized carbons (Fsp3) is 0.320. The van der Waals surface area contributed by atoms with Crippen LogP contribution in [0.15, 0.2) is 58.7 Å². The smallest absolute Gasteiger partial charge is 0.193 e. The SMILES string of the molecule is CC(C)=CC[C@]12C/C=C(\C)COc3cccc(C=O)c3/C(O)=C(/C(=O)C=C1C)C2=O. The average molecular weight is 406 g/mol. The van der Waals surface area contributed by atoms with Crippen LogP contribution >= 0.6 is 0 Å². The molecule has 0 spiro atoms. The molecule has 0 saturated heterocycles. The molecule has 1 aromatic carbocycles. The molecule has 0 aromatic heterocycles. The van der Waals surface area contributed by atoms with E-state index in [1.807, 2.05) is 32.9 Å². The van der Waals surface area contributed by atoms with Crippen molar-refractivity contribution in [1.29, 1.82) is 0 Å². The second-order valence-electron chi connectivity index (χ2n) is 8.19. The van der Waals surface area contributed by atoms with E-state index in [1.165, 1.54) is 12.1 Å². The topological polar surface area (TPSA) is 80.7 Å². The van der Waals surface area contributed by atoms with E-state index in [4.69, 9.17) is 4.74 Å². The van der Waals surface area contributed by atoms with Crippen molar-refractivity contribution in [3.63, 3.8) is 0 Å². The molecule has 1 N–H and O–H groups in total. The number of benzene rings is 1. The first-order valence-electron chi connectivity index (χ1n) is 9.92. The first-order chi connectivity index (χ1) is 14.2. The Morgan fingerprint density at radius 1 is 1.23 bits per heavy atom. The van der Waals surface area contributed by atoms with Gasteiger partial charge in [-0.05, 0) is 58.3 Å². The largest absolute Gasteiger partial charge is 0.506 e. The molecular weight excluding hydrogens is 380 g/mol.